The summed E-state index contributed by atoms with van der Waals surface area (Å²) < 4.78 is 0.993. The quantitative estimate of drug-likeness (QED) is 0.391. The number of rotatable bonds is 3. The van der Waals surface area contributed by atoms with Gasteiger partial charge in [-0.05, 0) is 25.2 Å². The molecule has 0 aromatic carbocycles. The average Bonchev–Trinajstić information content (AvgIpc) is 2.42. The highest BCUT2D eigenvalue weighted by atomic mass is 127. The van der Waals surface area contributed by atoms with Crippen LogP contribution in [0.25, 0.3) is 0 Å². The van der Waals surface area contributed by atoms with Crippen LogP contribution in [0.1, 0.15) is 19.3 Å². The first-order valence-corrected chi connectivity index (χ1v) is 4.34. The fourth-order valence-electron chi connectivity index (χ4n) is 0.841. The second kappa shape index (κ2) is 2.85. The number of hydrogen-bond donors (Lipinski definition) is 0. The summed E-state index contributed by atoms with van der Waals surface area (Å²) in [5.41, 5.74) is 0. The van der Waals surface area contributed by atoms with Crippen LogP contribution in [0.4, 0.5) is 0 Å². The Morgan fingerprint density at radius 1 is 1.75 bits per heavy atom. The molecule has 46 valence electrons. The van der Waals surface area contributed by atoms with Gasteiger partial charge in [-0.1, -0.05) is 28.7 Å². The van der Waals surface area contributed by atoms with Crippen molar-refractivity contribution in [3.63, 3.8) is 0 Å². The van der Waals surface area contributed by atoms with Crippen molar-refractivity contribution in [2.24, 2.45) is 5.92 Å². The lowest BCUT2D eigenvalue weighted by Gasteiger charge is -1.87. The highest BCUT2D eigenvalue weighted by Gasteiger charge is 2.32. The molecule has 2 atom stereocenters. The van der Waals surface area contributed by atoms with Gasteiger partial charge in [-0.3, -0.25) is 0 Å². The molecule has 1 aliphatic carbocycles. The summed E-state index contributed by atoms with van der Waals surface area (Å²) in [6, 6.07) is 0. The van der Waals surface area contributed by atoms with E-state index in [0.717, 1.165) is 9.84 Å². The first-order chi connectivity index (χ1) is 3.84. The molecule has 1 heteroatoms. The number of halogens is 1. The zero-order valence-corrected chi connectivity index (χ0v) is 7.10. The van der Waals surface area contributed by atoms with Gasteiger partial charge in [0, 0.05) is 3.92 Å². The fourth-order valence-corrected chi connectivity index (χ4v) is 1.85. The van der Waals surface area contributed by atoms with Gasteiger partial charge < -0.3 is 0 Å². The molecule has 1 aliphatic rings. The molecule has 0 nitrogen and oxygen atoms in total. The lowest BCUT2D eigenvalue weighted by molar-refractivity contribution is 0.749. The minimum absolute atomic E-state index is 0.993. The maximum absolute atomic E-state index is 3.68. The van der Waals surface area contributed by atoms with Crippen LogP contribution in [-0.4, -0.2) is 3.92 Å². The lowest BCUT2D eigenvalue weighted by atomic mass is 10.2. The van der Waals surface area contributed by atoms with Crippen LogP contribution in [0.15, 0.2) is 12.7 Å². The van der Waals surface area contributed by atoms with Gasteiger partial charge in [0.1, 0.15) is 0 Å². The predicted octanol–water partition coefficient (Wildman–Crippen LogP) is 2.78. The van der Waals surface area contributed by atoms with E-state index in [1.165, 1.54) is 19.3 Å². The van der Waals surface area contributed by atoms with Crippen molar-refractivity contribution in [1.82, 2.24) is 0 Å². The summed E-state index contributed by atoms with van der Waals surface area (Å²) in [5.74, 6) is 1.04. The van der Waals surface area contributed by atoms with Gasteiger partial charge in [0.15, 0.2) is 0 Å². The topological polar surface area (TPSA) is 0 Å². The second-order valence-electron chi connectivity index (χ2n) is 2.38. The molecule has 0 N–H and O–H groups in total. The Morgan fingerprint density at radius 2 is 2.38 bits per heavy atom. The van der Waals surface area contributed by atoms with Crippen LogP contribution >= 0.6 is 22.6 Å². The molecule has 1 saturated carbocycles. The highest BCUT2D eigenvalue weighted by Crippen LogP contribution is 2.41. The van der Waals surface area contributed by atoms with Crippen molar-refractivity contribution >= 4 is 22.6 Å². The van der Waals surface area contributed by atoms with E-state index in [1.807, 2.05) is 6.08 Å². The molecule has 0 aromatic heterocycles. The van der Waals surface area contributed by atoms with Crippen LogP contribution in [0.5, 0.6) is 0 Å². The van der Waals surface area contributed by atoms with Crippen LogP contribution in [-0.2, 0) is 0 Å². The molecule has 0 amide bonds. The van der Waals surface area contributed by atoms with Gasteiger partial charge in [-0.25, -0.2) is 0 Å². The maximum atomic E-state index is 3.68. The van der Waals surface area contributed by atoms with Gasteiger partial charge in [0.25, 0.3) is 0 Å². The van der Waals surface area contributed by atoms with E-state index < -0.39 is 0 Å². The van der Waals surface area contributed by atoms with Gasteiger partial charge in [0.05, 0.1) is 0 Å². The lowest BCUT2D eigenvalue weighted by Crippen LogP contribution is -1.76. The van der Waals surface area contributed by atoms with Crippen LogP contribution in [0, 0.1) is 5.92 Å². The Bertz CT molecular complexity index is 88.4. The summed E-state index contributed by atoms with van der Waals surface area (Å²) in [6.07, 6.45) is 6.05. The molecule has 8 heavy (non-hydrogen) atoms. The second-order valence-corrected chi connectivity index (χ2v) is 3.98. The van der Waals surface area contributed by atoms with Gasteiger partial charge >= 0.3 is 0 Å². The van der Waals surface area contributed by atoms with E-state index in [1.54, 1.807) is 0 Å². The van der Waals surface area contributed by atoms with E-state index >= 15 is 0 Å². The Morgan fingerprint density at radius 3 is 2.75 bits per heavy atom. The molecule has 0 aromatic rings. The Kier molecular flexibility index (Phi) is 2.35. The maximum Gasteiger partial charge on any atom is 0.0141 e. The summed E-state index contributed by atoms with van der Waals surface area (Å²) in [4.78, 5) is 0. The van der Waals surface area contributed by atoms with E-state index in [-0.39, 0.29) is 0 Å². The van der Waals surface area contributed by atoms with E-state index in [4.69, 9.17) is 0 Å². The highest BCUT2D eigenvalue weighted by molar-refractivity contribution is 14.1. The zero-order chi connectivity index (χ0) is 5.98. The van der Waals surface area contributed by atoms with Crippen molar-refractivity contribution in [1.29, 1.82) is 0 Å². The predicted molar refractivity (Wildman–Crippen MR) is 45.3 cm³/mol. The first-order valence-electron chi connectivity index (χ1n) is 3.09. The first kappa shape index (κ1) is 6.59. The van der Waals surface area contributed by atoms with E-state index in [0.29, 0.717) is 0 Å². The van der Waals surface area contributed by atoms with Gasteiger partial charge in [0.2, 0.25) is 0 Å². The van der Waals surface area contributed by atoms with Gasteiger partial charge in [-0.2, -0.15) is 0 Å². The monoisotopic (exact) mass is 222 g/mol. The summed E-state index contributed by atoms with van der Waals surface area (Å²) in [7, 11) is 0. The summed E-state index contributed by atoms with van der Waals surface area (Å²) >= 11 is 2.52. The van der Waals surface area contributed by atoms with E-state index in [2.05, 4.69) is 29.2 Å². The largest absolute Gasteiger partial charge is 0.103 e. The zero-order valence-electron chi connectivity index (χ0n) is 4.94. The molecule has 0 spiro atoms. The Balaban J connectivity index is 1.97. The third-order valence-corrected chi connectivity index (χ3v) is 3.10. The SMILES string of the molecule is C=CCCC1CC1I. The molecule has 0 saturated heterocycles. The summed E-state index contributed by atoms with van der Waals surface area (Å²) in [6.45, 7) is 3.68. The van der Waals surface area contributed by atoms with Crippen molar-refractivity contribution < 1.29 is 0 Å². The van der Waals surface area contributed by atoms with Crippen LogP contribution in [0.2, 0.25) is 0 Å². The number of hydrogen-bond acceptors (Lipinski definition) is 0. The molecular formula is C7H11I. The molecule has 0 radical (unpaired) electrons. The summed E-state index contributed by atoms with van der Waals surface area (Å²) in [5, 5.41) is 0. The number of allylic oxidation sites excluding steroid dienone is 1. The molecule has 1 rings (SSSR count). The number of alkyl halides is 1. The molecule has 1 fully saturated rings. The fraction of sp³-hybridized carbons (Fsp3) is 0.714. The molecule has 2 unspecified atom stereocenters. The Hall–Kier alpha value is 0.470. The molecule has 0 heterocycles. The normalized spacial score (nSPS) is 34.6. The standard InChI is InChI=1S/C7H11I/c1-2-3-4-6-5-7(6)8/h2,6-7H,1,3-5H2. The minimum Gasteiger partial charge on any atom is -0.103 e. The van der Waals surface area contributed by atoms with Gasteiger partial charge in [-0.15, -0.1) is 6.58 Å². The van der Waals surface area contributed by atoms with E-state index in [9.17, 15) is 0 Å². The van der Waals surface area contributed by atoms with Crippen molar-refractivity contribution in [3.05, 3.63) is 12.7 Å². The molecular weight excluding hydrogens is 211 g/mol. The Labute approximate surface area is 64.5 Å². The third-order valence-electron chi connectivity index (χ3n) is 1.58. The third kappa shape index (κ3) is 1.77. The minimum atomic E-state index is 0.993. The smallest absolute Gasteiger partial charge is 0.0141 e. The van der Waals surface area contributed by atoms with Crippen molar-refractivity contribution in [2.75, 3.05) is 0 Å². The average molecular weight is 222 g/mol. The van der Waals surface area contributed by atoms with Crippen molar-refractivity contribution in [2.45, 2.75) is 23.2 Å². The molecule has 0 aliphatic heterocycles. The molecule has 0 bridgehead atoms. The van der Waals surface area contributed by atoms with Crippen LogP contribution in [0.3, 0.4) is 0 Å². The van der Waals surface area contributed by atoms with Crippen molar-refractivity contribution in [3.8, 4) is 0 Å². The van der Waals surface area contributed by atoms with Crippen LogP contribution < -0.4 is 0 Å².